The lowest BCUT2D eigenvalue weighted by Gasteiger charge is -2.04. The van der Waals surface area contributed by atoms with E-state index in [1.54, 1.807) is 18.9 Å². The van der Waals surface area contributed by atoms with Gasteiger partial charge in [-0.2, -0.15) is 4.98 Å². The van der Waals surface area contributed by atoms with Gasteiger partial charge in [0.15, 0.2) is 0 Å². The van der Waals surface area contributed by atoms with Crippen LogP contribution in [0.15, 0.2) is 64.0 Å². The normalized spacial score (nSPS) is 10.6. The van der Waals surface area contributed by atoms with Crippen LogP contribution in [0.4, 0.5) is 0 Å². The van der Waals surface area contributed by atoms with Gasteiger partial charge in [0.25, 0.3) is 0 Å². The molecule has 28 heavy (non-hydrogen) atoms. The number of methoxy groups -OCH3 is 1. The summed E-state index contributed by atoms with van der Waals surface area (Å²) in [6.45, 7) is 0.666. The van der Waals surface area contributed by atoms with E-state index in [4.69, 9.17) is 9.26 Å². The van der Waals surface area contributed by atoms with E-state index in [0.717, 1.165) is 23.5 Å². The number of benzene rings is 2. The molecule has 1 amide bonds. The van der Waals surface area contributed by atoms with Crippen molar-refractivity contribution < 1.29 is 14.1 Å². The minimum atomic E-state index is -0.00564. The first kappa shape index (κ1) is 19.9. The first-order chi connectivity index (χ1) is 13.7. The second-order valence-electron chi connectivity index (χ2n) is 6.11. The molecule has 6 nitrogen and oxygen atoms in total. The molecule has 0 aliphatic carbocycles. The van der Waals surface area contributed by atoms with E-state index in [1.807, 2.05) is 42.5 Å². The van der Waals surface area contributed by atoms with Gasteiger partial charge in [0.2, 0.25) is 17.6 Å². The van der Waals surface area contributed by atoms with E-state index >= 15 is 0 Å². The lowest BCUT2D eigenvalue weighted by atomic mass is 10.2. The summed E-state index contributed by atoms with van der Waals surface area (Å²) >= 11 is 1.79. The van der Waals surface area contributed by atoms with Crippen molar-refractivity contribution in [3.05, 3.63) is 60.5 Å². The van der Waals surface area contributed by atoms with Gasteiger partial charge in [0.05, 0.1) is 7.11 Å². The summed E-state index contributed by atoms with van der Waals surface area (Å²) in [5.41, 5.74) is 0.844. The molecule has 7 heteroatoms. The molecule has 0 saturated heterocycles. The minimum absolute atomic E-state index is 0.00564. The molecule has 0 radical (unpaired) electrons. The average Bonchev–Trinajstić information content (AvgIpc) is 3.22. The molecule has 1 aromatic heterocycles. The number of rotatable bonds is 10. The van der Waals surface area contributed by atoms with Crippen LogP contribution in [-0.2, 0) is 11.2 Å². The van der Waals surface area contributed by atoms with E-state index in [9.17, 15) is 4.79 Å². The number of nitrogens with zero attached hydrogens (tertiary/aromatic N) is 2. The van der Waals surface area contributed by atoms with Crippen molar-refractivity contribution in [1.82, 2.24) is 15.5 Å². The second kappa shape index (κ2) is 10.5. The number of amides is 1. The van der Waals surface area contributed by atoms with Gasteiger partial charge in [-0.15, -0.1) is 11.8 Å². The summed E-state index contributed by atoms with van der Waals surface area (Å²) in [4.78, 5) is 17.6. The molecule has 3 rings (SSSR count). The van der Waals surface area contributed by atoms with Gasteiger partial charge in [-0.1, -0.05) is 23.4 Å². The van der Waals surface area contributed by atoms with Crippen LogP contribution in [0.25, 0.3) is 11.4 Å². The predicted molar refractivity (Wildman–Crippen MR) is 109 cm³/mol. The van der Waals surface area contributed by atoms with Crippen molar-refractivity contribution in [2.75, 3.05) is 19.4 Å². The molecular formula is C21H23N3O3S. The number of nitrogens with one attached hydrogen (secondary N) is 1. The molecule has 0 unspecified atom stereocenters. The van der Waals surface area contributed by atoms with Crippen LogP contribution in [0.5, 0.6) is 5.75 Å². The van der Waals surface area contributed by atoms with Crippen molar-refractivity contribution in [3.8, 4) is 17.1 Å². The number of carbonyl (C=O) groups is 1. The standard InChI is InChI=1S/C21H23N3O3S/c1-26-17-10-8-16(9-11-17)21-23-20(27-24-21)13-12-19(25)22-14-5-15-28-18-6-3-2-4-7-18/h2-4,6-11H,5,12-15H2,1H3,(H,22,25). The zero-order chi connectivity index (χ0) is 19.6. The topological polar surface area (TPSA) is 77.2 Å². The van der Waals surface area contributed by atoms with Crippen LogP contribution in [-0.4, -0.2) is 35.5 Å². The van der Waals surface area contributed by atoms with E-state index in [2.05, 4.69) is 27.6 Å². The highest BCUT2D eigenvalue weighted by Crippen LogP contribution is 2.20. The van der Waals surface area contributed by atoms with Crippen LogP contribution >= 0.6 is 11.8 Å². The largest absolute Gasteiger partial charge is 0.497 e. The fraction of sp³-hybridized carbons (Fsp3) is 0.286. The summed E-state index contributed by atoms with van der Waals surface area (Å²) in [6, 6.07) is 17.7. The second-order valence-corrected chi connectivity index (χ2v) is 7.27. The molecule has 0 atom stereocenters. The number of aryl methyl sites for hydroxylation is 1. The molecule has 3 aromatic rings. The number of thioether (sulfide) groups is 1. The highest BCUT2D eigenvalue weighted by atomic mass is 32.2. The molecule has 2 aromatic carbocycles. The maximum Gasteiger partial charge on any atom is 0.227 e. The van der Waals surface area contributed by atoms with E-state index in [1.165, 1.54) is 4.90 Å². The molecule has 1 heterocycles. The Bertz CT molecular complexity index is 866. The Labute approximate surface area is 168 Å². The molecular weight excluding hydrogens is 374 g/mol. The molecule has 0 spiro atoms. The Morgan fingerprint density at radius 2 is 1.93 bits per heavy atom. The van der Waals surface area contributed by atoms with E-state index in [0.29, 0.717) is 31.1 Å². The van der Waals surface area contributed by atoms with Gasteiger partial charge in [-0.3, -0.25) is 4.79 Å². The van der Waals surface area contributed by atoms with Crippen molar-refractivity contribution in [1.29, 1.82) is 0 Å². The van der Waals surface area contributed by atoms with Gasteiger partial charge in [-0.05, 0) is 48.6 Å². The molecule has 0 aliphatic heterocycles. The number of aromatic nitrogens is 2. The number of hydrogen-bond acceptors (Lipinski definition) is 6. The van der Waals surface area contributed by atoms with Crippen molar-refractivity contribution in [3.63, 3.8) is 0 Å². The highest BCUT2D eigenvalue weighted by molar-refractivity contribution is 7.99. The smallest absolute Gasteiger partial charge is 0.227 e. The fourth-order valence-corrected chi connectivity index (χ4v) is 3.40. The summed E-state index contributed by atoms with van der Waals surface area (Å²) < 4.78 is 10.4. The van der Waals surface area contributed by atoms with Crippen LogP contribution in [0.1, 0.15) is 18.7 Å². The molecule has 0 saturated carbocycles. The first-order valence-electron chi connectivity index (χ1n) is 9.16. The lowest BCUT2D eigenvalue weighted by Crippen LogP contribution is -2.25. The Kier molecular flexibility index (Phi) is 7.49. The SMILES string of the molecule is COc1ccc(-c2noc(CCC(=O)NCCCSc3ccccc3)n2)cc1. The third-order valence-electron chi connectivity index (χ3n) is 4.04. The summed E-state index contributed by atoms with van der Waals surface area (Å²) in [5, 5.41) is 6.91. The minimum Gasteiger partial charge on any atom is -0.497 e. The molecule has 0 bridgehead atoms. The van der Waals surface area contributed by atoms with Crippen molar-refractivity contribution in [2.24, 2.45) is 0 Å². The predicted octanol–water partition coefficient (Wildman–Crippen LogP) is 3.98. The van der Waals surface area contributed by atoms with E-state index < -0.39 is 0 Å². The Hall–Kier alpha value is -2.80. The lowest BCUT2D eigenvalue weighted by molar-refractivity contribution is -0.121. The zero-order valence-corrected chi connectivity index (χ0v) is 16.6. The third kappa shape index (κ3) is 6.13. The summed E-state index contributed by atoms with van der Waals surface area (Å²) in [5.74, 6) is 2.70. The molecule has 1 N–H and O–H groups in total. The molecule has 0 fully saturated rings. The molecule has 0 aliphatic rings. The van der Waals surface area contributed by atoms with Crippen LogP contribution in [0.3, 0.4) is 0 Å². The first-order valence-corrected chi connectivity index (χ1v) is 10.1. The zero-order valence-electron chi connectivity index (χ0n) is 15.8. The maximum atomic E-state index is 12.0. The van der Waals surface area contributed by atoms with Gasteiger partial charge in [0.1, 0.15) is 5.75 Å². The van der Waals surface area contributed by atoms with Crippen LogP contribution in [0, 0.1) is 0 Å². The number of carbonyl (C=O) groups excluding carboxylic acids is 1. The quantitative estimate of drug-likeness (QED) is 0.412. The monoisotopic (exact) mass is 397 g/mol. The fourth-order valence-electron chi connectivity index (χ4n) is 2.53. The van der Waals surface area contributed by atoms with Crippen molar-refractivity contribution in [2.45, 2.75) is 24.2 Å². The maximum absolute atomic E-state index is 12.0. The van der Waals surface area contributed by atoms with Gasteiger partial charge in [-0.25, -0.2) is 0 Å². The van der Waals surface area contributed by atoms with E-state index in [-0.39, 0.29) is 5.91 Å². The average molecular weight is 398 g/mol. The highest BCUT2D eigenvalue weighted by Gasteiger charge is 2.10. The van der Waals surface area contributed by atoms with Crippen molar-refractivity contribution >= 4 is 17.7 Å². The van der Waals surface area contributed by atoms with Gasteiger partial charge in [0, 0.05) is 29.8 Å². The number of ether oxygens (including phenoxy) is 1. The van der Waals surface area contributed by atoms with Crippen LogP contribution < -0.4 is 10.1 Å². The third-order valence-corrected chi connectivity index (χ3v) is 5.14. The Morgan fingerprint density at radius 3 is 2.68 bits per heavy atom. The number of hydrogen-bond donors (Lipinski definition) is 1. The summed E-state index contributed by atoms with van der Waals surface area (Å²) in [6.07, 6.45) is 1.68. The van der Waals surface area contributed by atoms with Gasteiger partial charge >= 0.3 is 0 Å². The summed E-state index contributed by atoms with van der Waals surface area (Å²) in [7, 11) is 1.62. The molecule has 146 valence electrons. The Morgan fingerprint density at radius 1 is 1.14 bits per heavy atom. The Balaban J connectivity index is 1.35. The van der Waals surface area contributed by atoms with Gasteiger partial charge < -0.3 is 14.6 Å². The van der Waals surface area contributed by atoms with Crippen LogP contribution in [0.2, 0.25) is 0 Å².